The first-order valence-electron chi connectivity index (χ1n) is 6.25. The van der Waals surface area contributed by atoms with E-state index in [-0.39, 0.29) is 0 Å². The molecule has 0 aliphatic carbocycles. The van der Waals surface area contributed by atoms with Gasteiger partial charge in [0.15, 0.2) is 5.82 Å². The number of aromatic nitrogens is 3. The van der Waals surface area contributed by atoms with Crippen LogP contribution in [0.1, 0.15) is 30.5 Å². The molecule has 0 aromatic carbocycles. The van der Waals surface area contributed by atoms with E-state index in [0.717, 1.165) is 44.9 Å². The summed E-state index contributed by atoms with van der Waals surface area (Å²) in [6, 6.07) is 0. The Kier molecular flexibility index (Phi) is 4.38. The van der Waals surface area contributed by atoms with Crippen LogP contribution in [-0.4, -0.2) is 22.2 Å². The Hall–Kier alpha value is -1.18. The van der Waals surface area contributed by atoms with E-state index in [1.807, 2.05) is 20.9 Å². The van der Waals surface area contributed by atoms with Gasteiger partial charge in [0.25, 0.3) is 0 Å². The van der Waals surface area contributed by atoms with Crippen LogP contribution in [0.2, 0.25) is 0 Å². The van der Waals surface area contributed by atoms with Crippen molar-refractivity contribution in [2.24, 2.45) is 0 Å². The van der Waals surface area contributed by atoms with Crippen LogP contribution < -0.4 is 5.32 Å². The predicted molar refractivity (Wildman–Crippen MR) is 83.3 cm³/mol. The van der Waals surface area contributed by atoms with Crippen molar-refractivity contribution in [1.82, 2.24) is 15.1 Å². The Labute approximate surface area is 126 Å². The Balaban J connectivity index is 2.61. The molecule has 0 fully saturated rings. The van der Waals surface area contributed by atoms with Gasteiger partial charge in [-0.05, 0) is 42.9 Å². The Bertz CT molecular complexity index is 575. The summed E-state index contributed by atoms with van der Waals surface area (Å²) in [5.74, 6) is 2.29. The van der Waals surface area contributed by atoms with Crippen molar-refractivity contribution in [3.05, 3.63) is 20.7 Å². The normalized spacial score (nSPS) is 10.8. The number of halogens is 1. The molecule has 2 aromatic heterocycles. The van der Waals surface area contributed by atoms with Crippen molar-refractivity contribution >= 4 is 28.4 Å². The van der Waals surface area contributed by atoms with Crippen LogP contribution in [0.25, 0.3) is 11.4 Å². The molecule has 0 saturated carbocycles. The molecule has 0 spiro atoms. The molecule has 0 aliphatic rings. The SMILES string of the molecule is CCCc1nc(-c2c(C)noc2C)nc(NC)c1I. The first-order chi connectivity index (χ1) is 9.08. The summed E-state index contributed by atoms with van der Waals surface area (Å²) in [6.45, 7) is 5.94. The smallest absolute Gasteiger partial charge is 0.167 e. The third-order valence-corrected chi connectivity index (χ3v) is 4.03. The van der Waals surface area contributed by atoms with Crippen LogP contribution in [0.4, 0.5) is 5.82 Å². The number of nitrogens with one attached hydrogen (secondary N) is 1. The molecule has 0 atom stereocenters. The van der Waals surface area contributed by atoms with Crippen LogP contribution in [0.3, 0.4) is 0 Å². The summed E-state index contributed by atoms with van der Waals surface area (Å²) in [5, 5.41) is 7.09. The van der Waals surface area contributed by atoms with Gasteiger partial charge in [-0.3, -0.25) is 0 Å². The average molecular weight is 372 g/mol. The zero-order valence-electron chi connectivity index (χ0n) is 11.5. The van der Waals surface area contributed by atoms with Gasteiger partial charge in [-0.1, -0.05) is 18.5 Å². The lowest BCUT2D eigenvalue weighted by Gasteiger charge is -2.10. The maximum atomic E-state index is 5.20. The quantitative estimate of drug-likeness (QED) is 0.834. The first-order valence-corrected chi connectivity index (χ1v) is 7.33. The topological polar surface area (TPSA) is 63.8 Å². The zero-order chi connectivity index (χ0) is 14.0. The van der Waals surface area contributed by atoms with E-state index >= 15 is 0 Å². The van der Waals surface area contributed by atoms with Crippen LogP contribution in [0.5, 0.6) is 0 Å². The molecular weight excluding hydrogens is 355 g/mol. The van der Waals surface area contributed by atoms with Crippen molar-refractivity contribution < 1.29 is 4.52 Å². The molecule has 2 heterocycles. The van der Waals surface area contributed by atoms with Crippen LogP contribution in [0, 0.1) is 17.4 Å². The highest BCUT2D eigenvalue weighted by molar-refractivity contribution is 14.1. The summed E-state index contributed by atoms with van der Waals surface area (Å²) in [4.78, 5) is 9.24. The van der Waals surface area contributed by atoms with Gasteiger partial charge in [-0.2, -0.15) is 0 Å². The fourth-order valence-corrected chi connectivity index (χ4v) is 2.76. The van der Waals surface area contributed by atoms with E-state index in [1.54, 1.807) is 0 Å². The standard InChI is InChI=1S/C13H17IN4O/c1-5-6-9-11(14)13(15-4)17-12(16-9)10-7(2)18-19-8(10)3/h5-6H2,1-4H3,(H,15,16,17). The second-order valence-corrected chi connectivity index (χ2v) is 5.43. The lowest BCUT2D eigenvalue weighted by molar-refractivity contribution is 0.393. The molecule has 2 rings (SSSR count). The number of nitrogens with zero attached hydrogens (tertiary/aromatic N) is 3. The van der Waals surface area contributed by atoms with Gasteiger partial charge in [-0.15, -0.1) is 0 Å². The molecule has 6 heteroatoms. The summed E-state index contributed by atoms with van der Waals surface area (Å²) in [6.07, 6.45) is 1.99. The van der Waals surface area contributed by atoms with Gasteiger partial charge in [-0.25, -0.2) is 9.97 Å². The van der Waals surface area contributed by atoms with Crippen LogP contribution >= 0.6 is 22.6 Å². The Morgan fingerprint density at radius 1 is 1.26 bits per heavy atom. The fraction of sp³-hybridized carbons (Fsp3) is 0.462. The van der Waals surface area contributed by atoms with Gasteiger partial charge in [0.1, 0.15) is 11.6 Å². The van der Waals surface area contributed by atoms with E-state index in [9.17, 15) is 0 Å². The van der Waals surface area contributed by atoms with Crippen molar-refractivity contribution in [3.63, 3.8) is 0 Å². The molecular formula is C13H17IN4O. The van der Waals surface area contributed by atoms with E-state index in [0.29, 0.717) is 5.82 Å². The number of hydrogen-bond donors (Lipinski definition) is 1. The number of rotatable bonds is 4. The molecule has 0 bridgehead atoms. The third kappa shape index (κ3) is 2.72. The second kappa shape index (κ2) is 5.85. The molecule has 0 aliphatic heterocycles. The molecule has 0 saturated heterocycles. The minimum Gasteiger partial charge on any atom is -0.372 e. The zero-order valence-corrected chi connectivity index (χ0v) is 13.7. The Morgan fingerprint density at radius 3 is 2.53 bits per heavy atom. The van der Waals surface area contributed by atoms with E-state index < -0.39 is 0 Å². The highest BCUT2D eigenvalue weighted by Crippen LogP contribution is 2.28. The second-order valence-electron chi connectivity index (χ2n) is 4.36. The lowest BCUT2D eigenvalue weighted by Crippen LogP contribution is -2.06. The summed E-state index contributed by atoms with van der Waals surface area (Å²) in [7, 11) is 1.87. The third-order valence-electron chi connectivity index (χ3n) is 2.90. The predicted octanol–water partition coefficient (Wildman–Crippen LogP) is 3.35. The van der Waals surface area contributed by atoms with Gasteiger partial charge in [0.05, 0.1) is 20.5 Å². The summed E-state index contributed by atoms with van der Waals surface area (Å²) < 4.78 is 6.28. The van der Waals surface area contributed by atoms with Gasteiger partial charge < -0.3 is 9.84 Å². The van der Waals surface area contributed by atoms with Crippen LogP contribution in [-0.2, 0) is 6.42 Å². The number of anilines is 1. The molecule has 5 nitrogen and oxygen atoms in total. The highest BCUT2D eigenvalue weighted by Gasteiger charge is 2.18. The van der Waals surface area contributed by atoms with Crippen LogP contribution in [0.15, 0.2) is 4.52 Å². The van der Waals surface area contributed by atoms with Crippen molar-refractivity contribution in [2.75, 3.05) is 12.4 Å². The average Bonchev–Trinajstić information content (AvgIpc) is 2.72. The molecule has 19 heavy (non-hydrogen) atoms. The minimum absolute atomic E-state index is 0.685. The van der Waals surface area contributed by atoms with E-state index in [4.69, 9.17) is 4.52 Å². The molecule has 0 radical (unpaired) electrons. The molecule has 0 unspecified atom stereocenters. The van der Waals surface area contributed by atoms with Crippen molar-refractivity contribution in [1.29, 1.82) is 0 Å². The lowest BCUT2D eigenvalue weighted by atomic mass is 10.1. The summed E-state index contributed by atoms with van der Waals surface area (Å²) in [5.41, 5.74) is 2.78. The fourth-order valence-electron chi connectivity index (χ4n) is 1.98. The number of aryl methyl sites for hydroxylation is 3. The maximum absolute atomic E-state index is 5.20. The number of hydrogen-bond acceptors (Lipinski definition) is 5. The molecule has 1 N–H and O–H groups in total. The van der Waals surface area contributed by atoms with Crippen molar-refractivity contribution in [3.8, 4) is 11.4 Å². The first kappa shape index (κ1) is 14.2. The van der Waals surface area contributed by atoms with E-state index in [1.165, 1.54) is 0 Å². The Morgan fingerprint density at radius 2 is 2.00 bits per heavy atom. The van der Waals surface area contributed by atoms with Gasteiger partial charge in [0.2, 0.25) is 0 Å². The largest absolute Gasteiger partial charge is 0.372 e. The molecule has 102 valence electrons. The monoisotopic (exact) mass is 372 g/mol. The van der Waals surface area contributed by atoms with Crippen molar-refractivity contribution in [2.45, 2.75) is 33.6 Å². The highest BCUT2D eigenvalue weighted by atomic mass is 127. The van der Waals surface area contributed by atoms with Gasteiger partial charge >= 0.3 is 0 Å². The molecule has 0 amide bonds. The summed E-state index contributed by atoms with van der Waals surface area (Å²) >= 11 is 2.29. The molecule has 2 aromatic rings. The maximum Gasteiger partial charge on any atom is 0.167 e. The van der Waals surface area contributed by atoms with Gasteiger partial charge in [0, 0.05) is 7.05 Å². The minimum atomic E-state index is 0.685. The van der Waals surface area contributed by atoms with E-state index in [2.05, 4.69) is 50.0 Å².